The topological polar surface area (TPSA) is 35.2 Å². The molecule has 3 heteroatoms. The Labute approximate surface area is 103 Å². The van der Waals surface area contributed by atoms with E-state index in [0.717, 1.165) is 17.7 Å². The van der Waals surface area contributed by atoms with E-state index in [9.17, 15) is 4.39 Å². The van der Waals surface area contributed by atoms with Crippen LogP contribution in [-0.4, -0.2) is 12.6 Å². The Morgan fingerprint density at radius 3 is 2.65 bits per heavy atom. The Kier molecular flexibility index (Phi) is 5.42. The number of benzene rings is 1. The fourth-order valence-corrected chi connectivity index (χ4v) is 1.55. The van der Waals surface area contributed by atoms with Crippen molar-refractivity contribution in [1.29, 1.82) is 0 Å². The first kappa shape index (κ1) is 14.0. The molecule has 1 rings (SSSR count). The molecular weight excluding hydrogens is 217 g/mol. The van der Waals surface area contributed by atoms with Gasteiger partial charge in [0.25, 0.3) is 0 Å². The molecule has 0 saturated heterocycles. The smallest absolute Gasteiger partial charge is 0.123 e. The summed E-state index contributed by atoms with van der Waals surface area (Å²) in [6, 6.07) is 4.63. The molecule has 1 aromatic rings. The summed E-state index contributed by atoms with van der Waals surface area (Å²) in [7, 11) is 0. The number of ether oxygens (including phenoxy) is 1. The van der Waals surface area contributed by atoms with Crippen LogP contribution in [0.15, 0.2) is 18.2 Å². The van der Waals surface area contributed by atoms with Gasteiger partial charge in [0.1, 0.15) is 11.6 Å². The summed E-state index contributed by atoms with van der Waals surface area (Å²) in [4.78, 5) is 0. The lowest BCUT2D eigenvalue weighted by Gasteiger charge is -2.15. The summed E-state index contributed by atoms with van der Waals surface area (Å²) in [5.74, 6) is 1.02. The summed E-state index contributed by atoms with van der Waals surface area (Å²) in [5, 5.41) is 0. The van der Waals surface area contributed by atoms with E-state index in [2.05, 4.69) is 13.8 Å². The third kappa shape index (κ3) is 4.73. The van der Waals surface area contributed by atoms with Crippen LogP contribution < -0.4 is 10.5 Å². The van der Waals surface area contributed by atoms with Crippen LogP contribution in [0.3, 0.4) is 0 Å². The average Bonchev–Trinajstić information content (AvgIpc) is 2.26. The lowest BCUT2D eigenvalue weighted by molar-refractivity contribution is 0.253. The molecule has 0 amide bonds. The summed E-state index contributed by atoms with van der Waals surface area (Å²) >= 11 is 0. The van der Waals surface area contributed by atoms with Crippen molar-refractivity contribution in [2.75, 3.05) is 6.61 Å². The molecule has 96 valence electrons. The third-order valence-corrected chi connectivity index (χ3v) is 2.78. The van der Waals surface area contributed by atoms with Crippen LogP contribution in [0.2, 0.25) is 0 Å². The maximum Gasteiger partial charge on any atom is 0.123 e. The molecule has 2 nitrogen and oxygen atoms in total. The number of rotatable bonds is 6. The Hall–Kier alpha value is -1.09. The molecule has 0 heterocycles. The molecule has 0 aliphatic heterocycles. The maximum absolute atomic E-state index is 13.2. The number of nitrogens with two attached hydrogens (primary N) is 1. The second kappa shape index (κ2) is 6.60. The number of hydrogen-bond acceptors (Lipinski definition) is 2. The van der Waals surface area contributed by atoms with Gasteiger partial charge in [-0.05, 0) is 43.0 Å². The first-order valence-electron chi connectivity index (χ1n) is 6.19. The highest BCUT2D eigenvalue weighted by molar-refractivity contribution is 5.34. The van der Waals surface area contributed by atoms with Crippen molar-refractivity contribution in [2.24, 2.45) is 11.7 Å². The summed E-state index contributed by atoms with van der Waals surface area (Å²) in [6.07, 6.45) is 1.71. The quantitative estimate of drug-likeness (QED) is 0.827. The van der Waals surface area contributed by atoms with Crippen LogP contribution in [0.4, 0.5) is 4.39 Å². The molecule has 2 N–H and O–H groups in total. The van der Waals surface area contributed by atoms with Crippen molar-refractivity contribution < 1.29 is 9.13 Å². The monoisotopic (exact) mass is 239 g/mol. The molecule has 1 aromatic carbocycles. The number of halogens is 1. The van der Waals surface area contributed by atoms with Crippen LogP contribution in [-0.2, 0) is 6.42 Å². The zero-order valence-electron chi connectivity index (χ0n) is 10.9. The van der Waals surface area contributed by atoms with E-state index >= 15 is 0 Å². The van der Waals surface area contributed by atoms with Gasteiger partial charge in [0.05, 0.1) is 6.61 Å². The summed E-state index contributed by atoms with van der Waals surface area (Å²) in [5.41, 5.74) is 6.60. The zero-order chi connectivity index (χ0) is 12.8. The van der Waals surface area contributed by atoms with Gasteiger partial charge in [-0.1, -0.05) is 20.3 Å². The van der Waals surface area contributed by atoms with Crippen molar-refractivity contribution in [3.8, 4) is 5.75 Å². The van der Waals surface area contributed by atoms with Gasteiger partial charge >= 0.3 is 0 Å². The Morgan fingerprint density at radius 2 is 2.06 bits per heavy atom. The van der Waals surface area contributed by atoms with E-state index in [1.807, 2.05) is 6.92 Å². The predicted molar refractivity (Wildman–Crippen MR) is 68.7 cm³/mol. The molecule has 2 atom stereocenters. The lowest BCUT2D eigenvalue weighted by atomic mass is 10.1. The van der Waals surface area contributed by atoms with Gasteiger partial charge < -0.3 is 10.5 Å². The van der Waals surface area contributed by atoms with Gasteiger partial charge in [0.2, 0.25) is 0 Å². The standard InChI is InChI=1S/C14H22FNO/c1-4-10(2)9-17-14-6-5-13(15)8-12(14)7-11(3)16/h5-6,8,10-11H,4,7,9,16H2,1-3H3. The lowest BCUT2D eigenvalue weighted by Crippen LogP contribution is -2.19. The summed E-state index contributed by atoms with van der Waals surface area (Å²) in [6.45, 7) is 6.83. The van der Waals surface area contributed by atoms with Gasteiger partial charge in [0.15, 0.2) is 0 Å². The SMILES string of the molecule is CCC(C)COc1ccc(F)cc1CC(C)N. The van der Waals surface area contributed by atoms with E-state index in [0.29, 0.717) is 18.9 Å². The van der Waals surface area contributed by atoms with E-state index < -0.39 is 0 Å². The van der Waals surface area contributed by atoms with Gasteiger partial charge in [-0.15, -0.1) is 0 Å². The van der Waals surface area contributed by atoms with Gasteiger partial charge in [-0.2, -0.15) is 0 Å². The predicted octanol–water partition coefficient (Wildman–Crippen LogP) is 3.14. The first-order chi connectivity index (χ1) is 8.02. The minimum Gasteiger partial charge on any atom is -0.493 e. The third-order valence-electron chi connectivity index (χ3n) is 2.78. The Morgan fingerprint density at radius 1 is 1.35 bits per heavy atom. The van der Waals surface area contributed by atoms with Crippen LogP contribution in [0, 0.1) is 11.7 Å². The van der Waals surface area contributed by atoms with E-state index in [-0.39, 0.29) is 11.9 Å². The Balaban J connectivity index is 2.75. The van der Waals surface area contributed by atoms with Gasteiger partial charge in [-0.3, -0.25) is 0 Å². The van der Waals surface area contributed by atoms with Crippen molar-refractivity contribution in [3.63, 3.8) is 0 Å². The van der Waals surface area contributed by atoms with Gasteiger partial charge in [0, 0.05) is 6.04 Å². The molecule has 0 aliphatic rings. The molecule has 2 unspecified atom stereocenters. The molecule has 0 radical (unpaired) electrons. The minimum absolute atomic E-state index is 0.00255. The zero-order valence-corrected chi connectivity index (χ0v) is 10.9. The largest absolute Gasteiger partial charge is 0.493 e. The molecule has 0 saturated carbocycles. The molecule has 0 spiro atoms. The molecule has 0 bridgehead atoms. The second-order valence-electron chi connectivity index (χ2n) is 4.76. The first-order valence-corrected chi connectivity index (χ1v) is 6.19. The Bertz CT molecular complexity index is 352. The van der Waals surface area contributed by atoms with Crippen molar-refractivity contribution in [1.82, 2.24) is 0 Å². The van der Waals surface area contributed by atoms with Crippen molar-refractivity contribution in [3.05, 3.63) is 29.6 Å². The maximum atomic E-state index is 13.2. The fourth-order valence-electron chi connectivity index (χ4n) is 1.55. The normalized spacial score (nSPS) is 14.4. The molecular formula is C14H22FNO. The van der Waals surface area contributed by atoms with Crippen LogP contribution >= 0.6 is 0 Å². The highest BCUT2D eigenvalue weighted by Crippen LogP contribution is 2.22. The number of hydrogen-bond donors (Lipinski definition) is 1. The van der Waals surface area contributed by atoms with E-state index in [4.69, 9.17) is 10.5 Å². The van der Waals surface area contributed by atoms with Crippen LogP contribution in [0.1, 0.15) is 32.8 Å². The highest BCUT2D eigenvalue weighted by atomic mass is 19.1. The summed E-state index contributed by atoms with van der Waals surface area (Å²) < 4.78 is 18.9. The highest BCUT2D eigenvalue weighted by Gasteiger charge is 2.09. The average molecular weight is 239 g/mol. The van der Waals surface area contributed by atoms with Crippen LogP contribution in [0.25, 0.3) is 0 Å². The van der Waals surface area contributed by atoms with Crippen LogP contribution in [0.5, 0.6) is 5.75 Å². The van der Waals surface area contributed by atoms with E-state index in [1.54, 1.807) is 6.07 Å². The van der Waals surface area contributed by atoms with E-state index in [1.165, 1.54) is 12.1 Å². The molecule has 0 aliphatic carbocycles. The molecule has 0 fully saturated rings. The van der Waals surface area contributed by atoms with Gasteiger partial charge in [-0.25, -0.2) is 4.39 Å². The molecule has 17 heavy (non-hydrogen) atoms. The van der Waals surface area contributed by atoms with Crippen molar-refractivity contribution >= 4 is 0 Å². The molecule has 0 aromatic heterocycles. The second-order valence-corrected chi connectivity index (χ2v) is 4.76. The fraction of sp³-hybridized carbons (Fsp3) is 0.571. The minimum atomic E-state index is -0.239. The van der Waals surface area contributed by atoms with Crippen molar-refractivity contribution in [2.45, 2.75) is 39.7 Å².